The van der Waals surface area contributed by atoms with E-state index in [1.807, 2.05) is 0 Å². The maximum Gasteiger partial charge on any atom is 0.417 e. The van der Waals surface area contributed by atoms with Gasteiger partial charge in [-0.3, -0.25) is 4.98 Å². The van der Waals surface area contributed by atoms with Crippen molar-refractivity contribution in [2.24, 2.45) is 0 Å². The van der Waals surface area contributed by atoms with Gasteiger partial charge in [-0.2, -0.15) is 18.4 Å². The number of aryl methyl sites for hydroxylation is 1. The smallest absolute Gasteiger partial charge is 0.417 e. The Morgan fingerprint density at radius 1 is 1.15 bits per heavy atom. The van der Waals surface area contributed by atoms with E-state index in [0.29, 0.717) is 5.75 Å². The number of pyridine rings is 1. The topological polar surface area (TPSA) is 45.9 Å². The highest BCUT2D eigenvalue weighted by Gasteiger charge is 2.33. The fourth-order valence-corrected chi connectivity index (χ4v) is 1.58. The van der Waals surface area contributed by atoms with E-state index in [1.54, 1.807) is 19.1 Å². The molecular formula is C14H9F3N2O. The highest BCUT2D eigenvalue weighted by Crippen LogP contribution is 2.34. The molecule has 1 heterocycles. The molecule has 2 aromatic rings. The van der Waals surface area contributed by atoms with Gasteiger partial charge < -0.3 is 4.74 Å². The number of ether oxygens (including phenoxy) is 1. The Hall–Kier alpha value is -2.55. The van der Waals surface area contributed by atoms with Crippen LogP contribution in [0.3, 0.4) is 0 Å². The molecule has 1 aromatic carbocycles. The van der Waals surface area contributed by atoms with Crippen molar-refractivity contribution < 1.29 is 17.9 Å². The lowest BCUT2D eigenvalue weighted by Crippen LogP contribution is -2.07. The van der Waals surface area contributed by atoms with Crippen LogP contribution in [0.2, 0.25) is 0 Å². The molecule has 0 radical (unpaired) electrons. The van der Waals surface area contributed by atoms with Gasteiger partial charge in [0, 0.05) is 5.69 Å². The van der Waals surface area contributed by atoms with E-state index in [4.69, 9.17) is 10.00 Å². The minimum absolute atomic E-state index is 0.153. The summed E-state index contributed by atoms with van der Waals surface area (Å²) in [7, 11) is 0. The highest BCUT2D eigenvalue weighted by atomic mass is 19.4. The normalized spacial score (nSPS) is 10.9. The van der Waals surface area contributed by atoms with Crippen molar-refractivity contribution in [1.29, 1.82) is 5.26 Å². The van der Waals surface area contributed by atoms with Gasteiger partial charge >= 0.3 is 6.18 Å². The van der Waals surface area contributed by atoms with Gasteiger partial charge in [0.1, 0.15) is 11.5 Å². The third-order valence-electron chi connectivity index (χ3n) is 2.54. The van der Waals surface area contributed by atoms with Crippen LogP contribution in [0.25, 0.3) is 0 Å². The van der Waals surface area contributed by atoms with Gasteiger partial charge in [0.05, 0.1) is 23.4 Å². The number of hydrogen-bond acceptors (Lipinski definition) is 3. The van der Waals surface area contributed by atoms with Crippen LogP contribution in [0.1, 0.15) is 16.8 Å². The molecule has 0 bridgehead atoms. The number of alkyl halides is 3. The first-order chi connectivity index (χ1) is 9.40. The number of nitrogens with zero attached hydrogens (tertiary/aromatic N) is 2. The van der Waals surface area contributed by atoms with Crippen LogP contribution in [0, 0.1) is 18.3 Å². The SMILES string of the molecule is Cc1ccc(Oc2ccc(C(F)(F)F)c(C#N)c2)cn1. The van der Waals surface area contributed by atoms with Gasteiger partial charge in [0.15, 0.2) is 0 Å². The molecule has 0 N–H and O–H groups in total. The second-order valence-electron chi connectivity index (χ2n) is 4.05. The molecule has 0 atom stereocenters. The van der Waals surface area contributed by atoms with Crippen molar-refractivity contribution in [2.75, 3.05) is 0 Å². The van der Waals surface area contributed by atoms with Gasteiger partial charge in [0.2, 0.25) is 0 Å². The lowest BCUT2D eigenvalue weighted by atomic mass is 10.1. The van der Waals surface area contributed by atoms with E-state index in [-0.39, 0.29) is 5.75 Å². The van der Waals surface area contributed by atoms with E-state index in [0.717, 1.165) is 17.8 Å². The molecule has 1 aromatic heterocycles. The first-order valence-electron chi connectivity index (χ1n) is 5.62. The Labute approximate surface area is 113 Å². The van der Waals surface area contributed by atoms with Crippen LogP contribution in [0.15, 0.2) is 36.5 Å². The lowest BCUT2D eigenvalue weighted by molar-refractivity contribution is -0.137. The zero-order chi connectivity index (χ0) is 14.8. The van der Waals surface area contributed by atoms with Crippen molar-refractivity contribution in [3.63, 3.8) is 0 Å². The molecule has 0 spiro atoms. The summed E-state index contributed by atoms with van der Waals surface area (Å²) < 4.78 is 43.3. The third-order valence-corrected chi connectivity index (χ3v) is 2.54. The summed E-state index contributed by atoms with van der Waals surface area (Å²) in [6.07, 6.45) is -3.10. The molecule has 6 heteroatoms. The standard InChI is InChI=1S/C14H9F3N2O/c1-9-2-3-12(8-19-9)20-11-4-5-13(14(15,16)17)10(6-11)7-18/h2-6,8H,1H3. The third kappa shape index (κ3) is 3.06. The number of benzene rings is 1. The van der Waals surface area contributed by atoms with Gasteiger partial charge in [0.25, 0.3) is 0 Å². The summed E-state index contributed by atoms with van der Waals surface area (Å²) in [5.41, 5.74) is -0.660. The summed E-state index contributed by atoms with van der Waals surface area (Å²) in [6.45, 7) is 1.80. The first kappa shape index (κ1) is 13.9. The van der Waals surface area contributed by atoms with Crippen LogP contribution in [-0.2, 0) is 6.18 Å². The molecule has 0 saturated heterocycles. The molecule has 102 valence electrons. The van der Waals surface area contributed by atoms with Crippen LogP contribution in [-0.4, -0.2) is 4.98 Å². The molecule has 0 fully saturated rings. The van der Waals surface area contributed by atoms with E-state index in [1.165, 1.54) is 18.3 Å². The van der Waals surface area contributed by atoms with Crippen LogP contribution in [0.4, 0.5) is 13.2 Å². The maximum absolute atomic E-state index is 12.6. The van der Waals surface area contributed by atoms with E-state index >= 15 is 0 Å². The van der Waals surface area contributed by atoms with Gasteiger partial charge in [-0.1, -0.05) is 0 Å². The Morgan fingerprint density at radius 3 is 2.40 bits per heavy atom. The maximum atomic E-state index is 12.6. The molecule has 0 aliphatic heterocycles. The van der Waals surface area contributed by atoms with Gasteiger partial charge in [-0.15, -0.1) is 0 Å². The predicted octanol–water partition coefficient (Wildman–Crippen LogP) is 4.07. The van der Waals surface area contributed by atoms with Crippen molar-refractivity contribution in [1.82, 2.24) is 4.98 Å². The minimum atomic E-state index is -4.56. The fourth-order valence-electron chi connectivity index (χ4n) is 1.58. The van der Waals surface area contributed by atoms with Crippen molar-refractivity contribution in [3.05, 3.63) is 53.3 Å². The van der Waals surface area contributed by atoms with Crippen LogP contribution in [0.5, 0.6) is 11.5 Å². The molecule has 3 nitrogen and oxygen atoms in total. The van der Waals surface area contributed by atoms with Gasteiger partial charge in [-0.25, -0.2) is 0 Å². The Balaban J connectivity index is 2.31. The first-order valence-corrected chi connectivity index (χ1v) is 5.62. The number of aromatic nitrogens is 1. The fraction of sp³-hybridized carbons (Fsp3) is 0.143. The Kier molecular flexibility index (Phi) is 3.61. The monoisotopic (exact) mass is 278 g/mol. The van der Waals surface area contributed by atoms with Crippen molar-refractivity contribution >= 4 is 0 Å². The Morgan fingerprint density at radius 2 is 1.85 bits per heavy atom. The molecular weight excluding hydrogens is 269 g/mol. The summed E-state index contributed by atoms with van der Waals surface area (Å²) >= 11 is 0. The molecule has 0 unspecified atom stereocenters. The number of nitriles is 1. The number of halogens is 3. The summed E-state index contributed by atoms with van der Waals surface area (Å²) in [6, 6.07) is 7.94. The summed E-state index contributed by atoms with van der Waals surface area (Å²) in [5.74, 6) is 0.541. The number of hydrogen-bond donors (Lipinski definition) is 0. The van der Waals surface area contributed by atoms with Crippen molar-refractivity contribution in [3.8, 4) is 17.6 Å². The molecule has 0 amide bonds. The van der Waals surface area contributed by atoms with Crippen LogP contribution < -0.4 is 4.74 Å². The van der Waals surface area contributed by atoms with Crippen LogP contribution >= 0.6 is 0 Å². The average Bonchev–Trinajstić information content (AvgIpc) is 2.40. The Bertz CT molecular complexity index is 658. The highest BCUT2D eigenvalue weighted by molar-refractivity contribution is 5.45. The molecule has 0 aliphatic carbocycles. The zero-order valence-corrected chi connectivity index (χ0v) is 10.4. The summed E-state index contributed by atoms with van der Waals surface area (Å²) in [4.78, 5) is 4.00. The van der Waals surface area contributed by atoms with E-state index < -0.39 is 17.3 Å². The van der Waals surface area contributed by atoms with E-state index in [9.17, 15) is 13.2 Å². The second-order valence-corrected chi connectivity index (χ2v) is 4.05. The zero-order valence-electron chi connectivity index (χ0n) is 10.4. The quantitative estimate of drug-likeness (QED) is 0.831. The summed E-state index contributed by atoms with van der Waals surface area (Å²) in [5, 5.41) is 8.79. The molecule has 0 aliphatic rings. The average molecular weight is 278 g/mol. The minimum Gasteiger partial charge on any atom is -0.456 e. The molecule has 2 rings (SSSR count). The van der Waals surface area contributed by atoms with Crippen molar-refractivity contribution in [2.45, 2.75) is 13.1 Å². The molecule has 0 saturated carbocycles. The second kappa shape index (κ2) is 5.21. The largest absolute Gasteiger partial charge is 0.456 e. The predicted molar refractivity (Wildman–Crippen MR) is 65.2 cm³/mol. The van der Waals surface area contributed by atoms with Gasteiger partial charge in [-0.05, 0) is 37.3 Å². The lowest BCUT2D eigenvalue weighted by Gasteiger charge is -2.11. The number of rotatable bonds is 2. The van der Waals surface area contributed by atoms with E-state index in [2.05, 4.69) is 4.98 Å². The molecule has 20 heavy (non-hydrogen) atoms.